The van der Waals surface area contributed by atoms with Gasteiger partial charge in [-0.05, 0) is 13.8 Å². The van der Waals surface area contributed by atoms with E-state index in [1.165, 1.54) is 7.11 Å². The van der Waals surface area contributed by atoms with Gasteiger partial charge in [0.05, 0.1) is 12.5 Å². The maximum Gasteiger partial charge on any atom is 0.312 e. The molecule has 0 aromatic carbocycles. The summed E-state index contributed by atoms with van der Waals surface area (Å²) in [5.74, 6) is 1.09. The fourth-order valence-corrected chi connectivity index (χ4v) is 1.74. The molecule has 0 fully saturated rings. The van der Waals surface area contributed by atoms with Gasteiger partial charge in [0.1, 0.15) is 0 Å². The number of hydrogen-bond acceptors (Lipinski definition) is 4. The molecule has 0 aliphatic carbocycles. The van der Waals surface area contributed by atoms with E-state index in [1.54, 1.807) is 0 Å². The molecule has 1 unspecified atom stereocenters. The van der Waals surface area contributed by atoms with E-state index < -0.39 is 16.2 Å². The van der Waals surface area contributed by atoms with E-state index >= 15 is 0 Å². The largest absolute Gasteiger partial charge is 0.469 e. The van der Waals surface area contributed by atoms with Crippen molar-refractivity contribution in [3.8, 4) is 0 Å². The highest BCUT2D eigenvalue weighted by Crippen LogP contribution is 2.14. The summed E-state index contributed by atoms with van der Waals surface area (Å²) in [4.78, 5) is 11.3. The number of rotatable bonds is 7. The van der Waals surface area contributed by atoms with E-state index in [2.05, 4.69) is 10.1 Å². The highest BCUT2D eigenvalue weighted by molar-refractivity contribution is 7.84. The van der Waals surface area contributed by atoms with Crippen molar-refractivity contribution in [1.82, 2.24) is 5.32 Å². The summed E-state index contributed by atoms with van der Waals surface area (Å²) in [7, 11) is 0.639. The molecule has 0 radical (unpaired) electrons. The van der Waals surface area contributed by atoms with Gasteiger partial charge in [-0.2, -0.15) is 0 Å². The van der Waals surface area contributed by atoms with Crippen LogP contribution in [-0.4, -0.2) is 41.9 Å². The summed E-state index contributed by atoms with van der Waals surface area (Å²) in [5.41, 5.74) is -0.525. The van der Waals surface area contributed by atoms with Crippen LogP contribution in [0.2, 0.25) is 0 Å². The lowest BCUT2D eigenvalue weighted by atomic mass is 9.94. The fourth-order valence-electron chi connectivity index (χ4n) is 1.08. The minimum absolute atomic E-state index is 0.230. The maximum atomic E-state index is 11.3. The number of nitrogens with one attached hydrogen (secondary N) is 1. The average Bonchev–Trinajstić information content (AvgIpc) is 2.22. The Hall–Kier alpha value is -0.420. The Morgan fingerprint density at radius 1 is 1.47 bits per heavy atom. The third-order valence-corrected chi connectivity index (χ3v) is 3.44. The van der Waals surface area contributed by atoms with Crippen molar-refractivity contribution in [2.75, 3.05) is 31.7 Å². The van der Waals surface area contributed by atoms with Crippen molar-refractivity contribution < 1.29 is 13.7 Å². The molecule has 0 saturated heterocycles. The molecule has 0 aromatic heterocycles. The summed E-state index contributed by atoms with van der Waals surface area (Å²) in [6.45, 7) is 6.75. The average molecular weight is 235 g/mol. The standard InChI is InChI=1S/C10H21NO3S/c1-5-15(13)7-6-11-8-10(2,3)9(12)14-4/h11H,5-8H2,1-4H3. The Labute approximate surface area is 94.2 Å². The first-order valence-electron chi connectivity index (χ1n) is 5.08. The molecule has 0 rings (SSSR count). The number of hydrogen-bond donors (Lipinski definition) is 1. The maximum absolute atomic E-state index is 11.3. The lowest BCUT2D eigenvalue weighted by Crippen LogP contribution is -2.38. The summed E-state index contributed by atoms with van der Waals surface area (Å²) in [6.07, 6.45) is 0. The lowest BCUT2D eigenvalue weighted by Gasteiger charge is -2.21. The first-order chi connectivity index (χ1) is 6.94. The molecule has 5 heteroatoms. The first kappa shape index (κ1) is 14.6. The van der Waals surface area contributed by atoms with E-state index in [1.807, 2.05) is 20.8 Å². The van der Waals surface area contributed by atoms with Crippen molar-refractivity contribution in [1.29, 1.82) is 0 Å². The van der Waals surface area contributed by atoms with Gasteiger partial charge < -0.3 is 10.1 Å². The second-order valence-electron chi connectivity index (χ2n) is 3.98. The summed E-state index contributed by atoms with van der Waals surface area (Å²) < 4.78 is 15.8. The quantitative estimate of drug-likeness (QED) is 0.517. The van der Waals surface area contributed by atoms with Crippen molar-refractivity contribution in [3.63, 3.8) is 0 Å². The van der Waals surface area contributed by atoms with Crippen molar-refractivity contribution in [2.45, 2.75) is 20.8 Å². The van der Waals surface area contributed by atoms with Gasteiger partial charge in [0.15, 0.2) is 0 Å². The SMILES string of the molecule is CCS(=O)CCNCC(C)(C)C(=O)OC. The Bertz CT molecular complexity index is 229. The van der Waals surface area contributed by atoms with Gasteiger partial charge in [0.25, 0.3) is 0 Å². The zero-order valence-corrected chi connectivity index (χ0v) is 10.8. The molecule has 0 amide bonds. The highest BCUT2D eigenvalue weighted by Gasteiger charge is 2.27. The predicted molar refractivity (Wildman–Crippen MR) is 62.2 cm³/mol. The van der Waals surface area contributed by atoms with Crippen LogP contribution in [0.4, 0.5) is 0 Å². The summed E-state index contributed by atoms with van der Waals surface area (Å²) in [6, 6.07) is 0. The minimum atomic E-state index is -0.746. The van der Waals surface area contributed by atoms with Gasteiger partial charge in [-0.1, -0.05) is 6.92 Å². The Kier molecular flexibility index (Phi) is 6.76. The van der Waals surface area contributed by atoms with Crippen LogP contribution in [0, 0.1) is 5.41 Å². The van der Waals surface area contributed by atoms with E-state index in [-0.39, 0.29) is 5.97 Å². The molecule has 0 heterocycles. The zero-order chi connectivity index (χ0) is 11.9. The van der Waals surface area contributed by atoms with Crippen LogP contribution in [0.15, 0.2) is 0 Å². The summed E-state index contributed by atoms with van der Waals surface area (Å²) >= 11 is 0. The number of esters is 1. The highest BCUT2D eigenvalue weighted by atomic mass is 32.2. The van der Waals surface area contributed by atoms with E-state index in [0.29, 0.717) is 24.6 Å². The van der Waals surface area contributed by atoms with E-state index in [9.17, 15) is 9.00 Å². The number of ether oxygens (including phenoxy) is 1. The van der Waals surface area contributed by atoms with Crippen LogP contribution < -0.4 is 5.32 Å². The Balaban J connectivity index is 3.75. The molecule has 0 spiro atoms. The van der Waals surface area contributed by atoms with Crippen LogP contribution >= 0.6 is 0 Å². The third kappa shape index (κ3) is 5.89. The second kappa shape index (κ2) is 6.95. The number of methoxy groups -OCH3 is 1. The molecule has 4 nitrogen and oxygen atoms in total. The van der Waals surface area contributed by atoms with Crippen LogP contribution in [0.5, 0.6) is 0 Å². The van der Waals surface area contributed by atoms with E-state index in [0.717, 1.165) is 0 Å². The van der Waals surface area contributed by atoms with Gasteiger partial charge >= 0.3 is 5.97 Å². The van der Waals surface area contributed by atoms with Gasteiger partial charge in [-0.25, -0.2) is 0 Å². The second-order valence-corrected chi connectivity index (χ2v) is 5.85. The first-order valence-corrected chi connectivity index (χ1v) is 6.57. The fraction of sp³-hybridized carbons (Fsp3) is 0.900. The Morgan fingerprint density at radius 3 is 2.53 bits per heavy atom. The van der Waals surface area contributed by atoms with Gasteiger partial charge in [0, 0.05) is 35.4 Å². The minimum Gasteiger partial charge on any atom is -0.469 e. The molecule has 0 aliphatic heterocycles. The molecule has 0 aromatic rings. The van der Waals surface area contributed by atoms with Crippen LogP contribution in [-0.2, 0) is 20.3 Å². The molecular formula is C10H21NO3S. The zero-order valence-electron chi connectivity index (χ0n) is 9.96. The lowest BCUT2D eigenvalue weighted by molar-refractivity contribution is -0.150. The number of carbonyl (C=O) groups excluding carboxylic acids is 1. The van der Waals surface area contributed by atoms with Crippen molar-refractivity contribution in [2.24, 2.45) is 5.41 Å². The van der Waals surface area contributed by atoms with Gasteiger partial charge in [-0.15, -0.1) is 0 Å². The molecule has 0 aliphatic rings. The van der Waals surface area contributed by atoms with Crippen molar-refractivity contribution >= 4 is 16.8 Å². The topological polar surface area (TPSA) is 55.4 Å². The molecule has 0 bridgehead atoms. The number of carbonyl (C=O) groups is 1. The third-order valence-electron chi connectivity index (χ3n) is 2.13. The molecule has 15 heavy (non-hydrogen) atoms. The smallest absolute Gasteiger partial charge is 0.312 e. The molecular weight excluding hydrogens is 214 g/mol. The molecule has 90 valence electrons. The van der Waals surface area contributed by atoms with Gasteiger partial charge in [0.2, 0.25) is 0 Å². The monoisotopic (exact) mass is 235 g/mol. The Morgan fingerprint density at radius 2 is 2.07 bits per heavy atom. The van der Waals surface area contributed by atoms with Crippen LogP contribution in [0.25, 0.3) is 0 Å². The van der Waals surface area contributed by atoms with Gasteiger partial charge in [-0.3, -0.25) is 9.00 Å². The molecule has 1 atom stereocenters. The molecule has 1 N–H and O–H groups in total. The van der Waals surface area contributed by atoms with Crippen LogP contribution in [0.1, 0.15) is 20.8 Å². The van der Waals surface area contributed by atoms with Crippen molar-refractivity contribution in [3.05, 3.63) is 0 Å². The molecule has 0 saturated carbocycles. The van der Waals surface area contributed by atoms with Crippen LogP contribution in [0.3, 0.4) is 0 Å². The predicted octanol–water partition coefficient (Wildman–Crippen LogP) is 0.544. The normalized spacial score (nSPS) is 13.6. The van der Waals surface area contributed by atoms with E-state index in [4.69, 9.17) is 0 Å². The summed E-state index contributed by atoms with van der Waals surface area (Å²) in [5, 5.41) is 3.11.